The summed E-state index contributed by atoms with van der Waals surface area (Å²) in [7, 11) is 0. The SMILES string of the molecule is C=C1/C=C\CCN(C2=CCCCC2)c2ccc(C3C=Cc4c(c5ccccc5n4-c4ccc5oc6ccc(-c7ccccc7)cc6c5c4)C3)cc21. The van der Waals surface area contributed by atoms with Gasteiger partial charge in [-0.25, -0.2) is 0 Å². The summed E-state index contributed by atoms with van der Waals surface area (Å²) in [5.74, 6) is 0.281. The fourth-order valence-corrected chi connectivity index (χ4v) is 8.71. The van der Waals surface area contributed by atoms with E-state index >= 15 is 0 Å². The summed E-state index contributed by atoms with van der Waals surface area (Å²) in [5.41, 5.74) is 15.8. The van der Waals surface area contributed by atoms with Crippen LogP contribution in [0.2, 0.25) is 0 Å². The van der Waals surface area contributed by atoms with Crippen molar-refractivity contribution in [3.63, 3.8) is 0 Å². The standard InChI is InChI=1S/C48H40N2O/c1-32-12-10-11-27-49(37-15-6-3-7-16-37)44-23-19-35(28-40(32)44)36-20-24-46-41(29-36)39-17-8-9-18-45(39)50(46)38-22-26-48-43(31-38)42-30-34(21-25-47(42)51-48)33-13-4-2-5-14-33/h2,4-5,8-10,12-15,17-26,28,30-31,36H,1,3,6-7,11,16,27,29H2/b12-10-. The summed E-state index contributed by atoms with van der Waals surface area (Å²) < 4.78 is 8.79. The molecular weight excluding hydrogens is 621 g/mol. The first-order valence-electron chi connectivity index (χ1n) is 18.5. The summed E-state index contributed by atoms with van der Waals surface area (Å²) in [6.07, 6.45) is 18.7. The molecular formula is C48H40N2O. The van der Waals surface area contributed by atoms with Gasteiger partial charge in [-0.1, -0.05) is 91.5 Å². The molecule has 0 fully saturated rings. The molecule has 10 rings (SSSR count). The largest absolute Gasteiger partial charge is 0.456 e. The third-order valence-electron chi connectivity index (χ3n) is 11.3. The highest BCUT2D eigenvalue weighted by Gasteiger charge is 2.26. The van der Waals surface area contributed by atoms with Gasteiger partial charge in [0, 0.05) is 57.0 Å². The van der Waals surface area contributed by atoms with Gasteiger partial charge in [-0.3, -0.25) is 0 Å². The highest BCUT2D eigenvalue weighted by atomic mass is 16.3. The lowest BCUT2D eigenvalue weighted by molar-refractivity contribution is 0.669. The summed E-state index contributed by atoms with van der Waals surface area (Å²) >= 11 is 0. The van der Waals surface area contributed by atoms with Crippen molar-refractivity contribution in [1.29, 1.82) is 0 Å². The molecule has 3 heterocycles. The summed E-state index contributed by atoms with van der Waals surface area (Å²) in [6.45, 7) is 5.55. The van der Waals surface area contributed by atoms with E-state index in [1.54, 1.807) is 0 Å². The molecule has 0 N–H and O–H groups in total. The number of hydrogen-bond donors (Lipinski definition) is 0. The lowest BCUT2D eigenvalue weighted by Crippen LogP contribution is -2.26. The van der Waals surface area contributed by atoms with Gasteiger partial charge in [-0.15, -0.1) is 0 Å². The quantitative estimate of drug-likeness (QED) is 0.187. The molecule has 51 heavy (non-hydrogen) atoms. The van der Waals surface area contributed by atoms with Crippen molar-refractivity contribution in [2.45, 2.75) is 44.4 Å². The predicted octanol–water partition coefficient (Wildman–Crippen LogP) is 12.8. The highest BCUT2D eigenvalue weighted by Crippen LogP contribution is 2.42. The van der Waals surface area contributed by atoms with Crippen molar-refractivity contribution >= 4 is 50.2 Å². The first-order valence-corrected chi connectivity index (χ1v) is 18.5. The van der Waals surface area contributed by atoms with E-state index in [1.165, 1.54) is 75.1 Å². The Morgan fingerprint density at radius 3 is 2.43 bits per heavy atom. The van der Waals surface area contributed by atoms with Crippen LogP contribution in [-0.4, -0.2) is 11.1 Å². The normalized spacial score (nSPS) is 18.0. The zero-order valence-electron chi connectivity index (χ0n) is 28.8. The smallest absolute Gasteiger partial charge is 0.135 e. The minimum atomic E-state index is 0.281. The number of para-hydroxylation sites is 1. The van der Waals surface area contributed by atoms with Crippen LogP contribution in [0.5, 0.6) is 0 Å². The Morgan fingerprint density at radius 2 is 1.55 bits per heavy atom. The van der Waals surface area contributed by atoms with Crippen LogP contribution < -0.4 is 4.90 Å². The number of furan rings is 1. The summed E-state index contributed by atoms with van der Waals surface area (Å²) in [5, 5.41) is 3.60. The Balaban J connectivity index is 1.05. The second-order valence-electron chi connectivity index (χ2n) is 14.3. The number of anilines is 1. The maximum Gasteiger partial charge on any atom is 0.135 e. The topological polar surface area (TPSA) is 21.3 Å². The lowest BCUT2D eigenvalue weighted by atomic mass is 9.85. The lowest BCUT2D eigenvalue weighted by Gasteiger charge is -2.33. The molecule has 0 bridgehead atoms. The molecule has 7 aromatic rings. The van der Waals surface area contributed by atoms with E-state index in [9.17, 15) is 0 Å². The van der Waals surface area contributed by atoms with Gasteiger partial charge in [0.2, 0.25) is 0 Å². The van der Waals surface area contributed by atoms with Crippen molar-refractivity contribution in [3.05, 3.63) is 168 Å². The minimum Gasteiger partial charge on any atom is -0.456 e. The molecule has 3 aliphatic rings. The zero-order valence-corrected chi connectivity index (χ0v) is 28.8. The maximum atomic E-state index is 6.34. The Hall–Kier alpha value is -5.80. The van der Waals surface area contributed by atoms with E-state index in [0.29, 0.717) is 0 Å². The molecule has 3 heteroatoms. The molecule has 1 aliphatic heterocycles. The van der Waals surface area contributed by atoms with E-state index in [0.717, 1.165) is 59.0 Å². The van der Waals surface area contributed by atoms with Gasteiger partial charge in [-0.2, -0.15) is 0 Å². The molecule has 0 saturated carbocycles. The zero-order chi connectivity index (χ0) is 33.9. The Kier molecular flexibility index (Phi) is 7.20. The summed E-state index contributed by atoms with van der Waals surface area (Å²) in [6, 6.07) is 39.8. The average molecular weight is 661 g/mol. The van der Waals surface area contributed by atoms with Gasteiger partial charge in [0.05, 0.1) is 5.52 Å². The maximum absolute atomic E-state index is 6.34. The minimum absolute atomic E-state index is 0.281. The van der Waals surface area contributed by atoms with Crippen molar-refractivity contribution in [2.75, 3.05) is 11.4 Å². The molecule has 5 aromatic carbocycles. The second-order valence-corrected chi connectivity index (χ2v) is 14.3. The van der Waals surface area contributed by atoms with Crippen molar-refractivity contribution < 1.29 is 4.42 Å². The summed E-state index contributed by atoms with van der Waals surface area (Å²) in [4.78, 5) is 2.57. The first kappa shape index (κ1) is 30.1. The van der Waals surface area contributed by atoms with Gasteiger partial charge in [0.25, 0.3) is 0 Å². The van der Waals surface area contributed by atoms with E-state index < -0.39 is 0 Å². The molecule has 1 atom stereocenters. The van der Waals surface area contributed by atoms with E-state index in [-0.39, 0.29) is 5.92 Å². The fraction of sp³-hybridized carbons (Fsp3) is 0.167. The van der Waals surface area contributed by atoms with Crippen LogP contribution >= 0.6 is 0 Å². The first-order chi connectivity index (χ1) is 25.2. The molecule has 0 amide bonds. The molecule has 0 saturated heterocycles. The van der Waals surface area contributed by atoms with E-state index in [1.807, 2.05) is 0 Å². The molecule has 0 spiro atoms. The van der Waals surface area contributed by atoms with Gasteiger partial charge >= 0.3 is 0 Å². The molecule has 248 valence electrons. The van der Waals surface area contributed by atoms with Crippen LogP contribution in [0.3, 0.4) is 0 Å². The Bertz CT molecular complexity index is 2590. The van der Waals surface area contributed by atoms with Crippen LogP contribution in [0.4, 0.5) is 5.69 Å². The fourth-order valence-electron chi connectivity index (χ4n) is 8.71. The van der Waals surface area contributed by atoms with Crippen molar-refractivity contribution in [2.24, 2.45) is 0 Å². The van der Waals surface area contributed by atoms with Gasteiger partial charge < -0.3 is 13.9 Å². The predicted molar refractivity (Wildman–Crippen MR) is 215 cm³/mol. The van der Waals surface area contributed by atoms with Gasteiger partial charge in [0.1, 0.15) is 11.2 Å². The monoisotopic (exact) mass is 660 g/mol. The number of rotatable bonds is 4. The average Bonchev–Trinajstić information content (AvgIpc) is 3.72. The van der Waals surface area contributed by atoms with Gasteiger partial charge in [0.15, 0.2) is 0 Å². The molecule has 3 nitrogen and oxygen atoms in total. The molecule has 1 unspecified atom stereocenters. The van der Waals surface area contributed by atoms with Crippen LogP contribution in [0.1, 0.15) is 60.4 Å². The third-order valence-corrected chi connectivity index (χ3v) is 11.3. The third kappa shape index (κ3) is 5.10. The van der Waals surface area contributed by atoms with Crippen LogP contribution in [0.25, 0.3) is 61.3 Å². The second kappa shape index (κ2) is 12.2. The van der Waals surface area contributed by atoms with Crippen LogP contribution in [0.15, 0.2) is 150 Å². The van der Waals surface area contributed by atoms with Crippen molar-refractivity contribution in [3.8, 4) is 16.8 Å². The van der Waals surface area contributed by atoms with E-state index in [2.05, 4.69) is 156 Å². The van der Waals surface area contributed by atoms with Gasteiger partial charge in [-0.05, 0) is 121 Å². The number of aromatic nitrogens is 1. The highest BCUT2D eigenvalue weighted by molar-refractivity contribution is 6.07. The number of nitrogens with zero attached hydrogens (tertiary/aromatic N) is 2. The van der Waals surface area contributed by atoms with Crippen molar-refractivity contribution in [1.82, 2.24) is 4.57 Å². The molecule has 0 radical (unpaired) electrons. The van der Waals surface area contributed by atoms with Crippen LogP contribution in [-0.2, 0) is 6.42 Å². The van der Waals surface area contributed by atoms with E-state index in [4.69, 9.17) is 4.42 Å². The Morgan fingerprint density at radius 1 is 0.706 bits per heavy atom. The molecule has 2 aliphatic carbocycles. The van der Waals surface area contributed by atoms with Crippen LogP contribution in [0, 0.1) is 0 Å². The number of benzene rings is 5. The number of hydrogen-bond acceptors (Lipinski definition) is 2. The number of fused-ring (bicyclic) bond motifs is 7. The molecule has 2 aromatic heterocycles. The number of allylic oxidation sites excluding steroid dienone is 5. The Labute approximate surface area is 299 Å².